The molecule has 2 aromatic carbocycles. The molecule has 0 atom stereocenters. The van der Waals surface area contributed by atoms with Crippen molar-refractivity contribution >= 4 is 27.0 Å². The molecule has 1 aliphatic heterocycles. The van der Waals surface area contributed by atoms with Crippen LogP contribution >= 0.6 is 11.3 Å². The number of thiazole rings is 1. The Labute approximate surface area is 158 Å². The molecule has 0 saturated heterocycles. The van der Waals surface area contributed by atoms with Gasteiger partial charge in [0.25, 0.3) is 0 Å². The minimum atomic E-state index is -3.23. The van der Waals surface area contributed by atoms with Gasteiger partial charge in [0.15, 0.2) is 0 Å². The highest BCUT2D eigenvalue weighted by molar-refractivity contribution is 7.92. The van der Waals surface area contributed by atoms with Crippen LogP contribution in [-0.4, -0.2) is 26.2 Å². The predicted octanol–water partition coefficient (Wildman–Crippen LogP) is 4.50. The van der Waals surface area contributed by atoms with Crippen molar-refractivity contribution in [2.45, 2.75) is 19.8 Å². The van der Waals surface area contributed by atoms with Gasteiger partial charge in [-0.15, -0.1) is 11.3 Å². The third-order valence-corrected chi connectivity index (χ3v) is 6.69. The van der Waals surface area contributed by atoms with E-state index < -0.39 is 10.0 Å². The minimum absolute atomic E-state index is 0.555. The molecule has 0 saturated carbocycles. The first-order valence-electron chi connectivity index (χ1n) is 8.55. The summed E-state index contributed by atoms with van der Waals surface area (Å²) >= 11 is 1.63. The molecule has 6 heteroatoms. The van der Waals surface area contributed by atoms with Crippen LogP contribution in [0.5, 0.6) is 0 Å². The molecular weight excluding hydrogens is 364 g/mol. The number of aryl methyl sites for hydroxylation is 2. The van der Waals surface area contributed by atoms with Crippen LogP contribution < -0.4 is 4.31 Å². The summed E-state index contributed by atoms with van der Waals surface area (Å²) in [6, 6.07) is 14.3. The lowest BCUT2D eigenvalue weighted by Crippen LogP contribution is -2.34. The summed E-state index contributed by atoms with van der Waals surface area (Å²) in [7, 11) is -3.23. The van der Waals surface area contributed by atoms with Crippen LogP contribution in [0.1, 0.15) is 17.5 Å². The van der Waals surface area contributed by atoms with Gasteiger partial charge in [-0.1, -0.05) is 29.8 Å². The number of anilines is 1. The van der Waals surface area contributed by atoms with E-state index in [4.69, 9.17) is 4.98 Å². The van der Waals surface area contributed by atoms with Crippen molar-refractivity contribution in [2.24, 2.45) is 0 Å². The SMILES string of the molecule is Cc1cccc(-c2nc(-c3ccc4c(c3)CCCN4S(C)(=O)=O)cs2)c1. The van der Waals surface area contributed by atoms with Crippen molar-refractivity contribution in [1.82, 2.24) is 4.98 Å². The van der Waals surface area contributed by atoms with Crippen LogP contribution in [0.25, 0.3) is 21.8 Å². The van der Waals surface area contributed by atoms with E-state index in [0.717, 1.165) is 45.9 Å². The van der Waals surface area contributed by atoms with Gasteiger partial charge >= 0.3 is 0 Å². The van der Waals surface area contributed by atoms with Crippen molar-refractivity contribution in [1.29, 1.82) is 0 Å². The zero-order valence-corrected chi connectivity index (χ0v) is 16.4. The largest absolute Gasteiger partial charge is 0.270 e. The average Bonchev–Trinajstić information content (AvgIpc) is 3.10. The fraction of sp³-hybridized carbons (Fsp3) is 0.250. The van der Waals surface area contributed by atoms with Crippen molar-refractivity contribution < 1.29 is 8.42 Å². The Kier molecular flexibility index (Phi) is 4.32. The molecule has 2 heterocycles. The Balaban J connectivity index is 1.70. The molecule has 0 N–H and O–H groups in total. The Morgan fingerprint density at radius 2 is 1.96 bits per heavy atom. The lowest BCUT2D eigenvalue weighted by atomic mass is 10.00. The van der Waals surface area contributed by atoms with E-state index in [1.165, 1.54) is 16.1 Å². The molecule has 0 spiro atoms. The quantitative estimate of drug-likeness (QED) is 0.668. The maximum atomic E-state index is 12.0. The molecule has 1 aliphatic rings. The fourth-order valence-electron chi connectivity index (χ4n) is 3.38. The first-order chi connectivity index (χ1) is 12.4. The second kappa shape index (κ2) is 6.52. The van der Waals surface area contributed by atoms with Gasteiger partial charge in [-0.25, -0.2) is 13.4 Å². The average molecular weight is 385 g/mol. The summed E-state index contributed by atoms with van der Waals surface area (Å²) in [4.78, 5) is 4.80. The Morgan fingerprint density at radius 3 is 2.73 bits per heavy atom. The molecule has 26 heavy (non-hydrogen) atoms. The molecule has 0 amide bonds. The standard InChI is InChI=1S/C20H20N2O2S2/c1-14-5-3-6-17(11-14)20-21-18(13-25-20)15-8-9-19-16(12-15)7-4-10-22(19)26(2,23)24/h3,5-6,8-9,11-13H,4,7,10H2,1-2H3. The number of benzene rings is 2. The van der Waals surface area contributed by atoms with Gasteiger partial charge in [0.1, 0.15) is 5.01 Å². The summed E-state index contributed by atoms with van der Waals surface area (Å²) in [5.41, 5.74) is 6.19. The summed E-state index contributed by atoms with van der Waals surface area (Å²) in [6.07, 6.45) is 3.00. The van der Waals surface area contributed by atoms with Crippen LogP contribution in [-0.2, 0) is 16.4 Å². The monoisotopic (exact) mass is 384 g/mol. The maximum Gasteiger partial charge on any atom is 0.232 e. The lowest BCUT2D eigenvalue weighted by molar-refractivity contribution is 0.592. The molecule has 0 aliphatic carbocycles. The van der Waals surface area contributed by atoms with Crippen LogP contribution in [0, 0.1) is 6.92 Å². The molecule has 4 nitrogen and oxygen atoms in total. The molecule has 0 unspecified atom stereocenters. The third kappa shape index (κ3) is 3.27. The first-order valence-corrected chi connectivity index (χ1v) is 11.3. The zero-order chi connectivity index (χ0) is 18.3. The molecule has 0 bridgehead atoms. The number of sulfonamides is 1. The number of hydrogen-bond donors (Lipinski definition) is 0. The highest BCUT2D eigenvalue weighted by Crippen LogP contribution is 2.34. The van der Waals surface area contributed by atoms with E-state index >= 15 is 0 Å². The molecular formula is C20H20N2O2S2. The first kappa shape index (κ1) is 17.2. The molecule has 3 aromatic rings. The molecule has 134 valence electrons. The smallest absolute Gasteiger partial charge is 0.232 e. The van der Waals surface area contributed by atoms with Crippen molar-refractivity contribution in [2.75, 3.05) is 17.1 Å². The predicted molar refractivity (Wildman–Crippen MR) is 108 cm³/mol. The minimum Gasteiger partial charge on any atom is -0.270 e. The van der Waals surface area contributed by atoms with E-state index in [9.17, 15) is 8.42 Å². The molecule has 0 radical (unpaired) electrons. The second-order valence-corrected chi connectivity index (χ2v) is 9.45. The van der Waals surface area contributed by atoms with E-state index in [1.54, 1.807) is 11.3 Å². The summed E-state index contributed by atoms with van der Waals surface area (Å²) in [6.45, 7) is 2.63. The highest BCUT2D eigenvalue weighted by Gasteiger charge is 2.24. The number of hydrogen-bond acceptors (Lipinski definition) is 4. The van der Waals surface area contributed by atoms with E-state index in [1.807, 2.05) is 18.2 Å². The topological polar surface area (TPSA) is 50.3 Å². The van der Waals surface area contributed by atoms with Gasteiger partial charge in [-0.3, -0.25) is 4.31 Å². The van der Waals surface area contributed by atoms with Gasteiger partial charge in [0.2, 0.25) is 10.0 Å². The third-order valence-electron chi connectivity index (χ3n) is 4.62. The number of rotatable bonds is 3. The van der Waals surface area contributed by atoms with Gasteiger partial charge in [-0.2, -0.15) is 0 Å². The van der Waals surface area contributed by atoms with Crippen LogP contribution in [0.3, 0.4) is 0 Å². The highest BCUT2D eigenvalue weighted by atomic mass is 32.2. The van der Waals surface area contributed by atoms with E-state index in [-0.39, 0.29) is 0 Å². The molecule has 4 rings (SSSR count). The van der Waals surface area contributed by atoms with Gasteiger partial charge in [0, 0.05) is 23.1 Å². The number of nitrogens with zero attached hydrogens (tertiary/aromatic N) is 2. The summed E-state index contributed by atoms with van der Waals surface area (Å²) in [5, 5.41) is 3.07. The lowest BCUT2D eigenvalue weighted by Gasteiger charge is -2.29. The summed E-state index contributed by atoms with van der Waals surface area (Å²) < 4.78 is 25.5. The zero-order valence-electron chi connectivity index (χ0n) is 14.8. The van der Waals surface area contributed by atoms with Gasteiger partial charge in [0.05, 0.1) is 17.6 Å². The Morgan fingerprint density at radius 1 is 1.12 bits per heavy atom. The van der Waals surface area contributed by atoms with Crippen LogP contribution in [0.15, 0.2) is 47.8 Å². The number of aromatic nitrogens is 1. The van der Waals surface area contributed by atoms with Crippen molar-refractivity contribution in [3.05, 3.63) is 59.0 Å². The normalized spacial score (nSPS) is 14.3. The second-order valence-electron chi connectivity index (χ2n) is 6.69. The van der Waals surface area contributed by atoms with E-state index in [2.05, 4.69) is 36.6 Å². The molecule has 0 fully saturated rings. The van der Waals surface area contributed by atoms with Crippen LogP contribution in [0.2, 0.25) is 0 Å². The van der Waals surface area contributed by atoms with Crippen molar-refractivity contribution in [3.8, 4) is 21.8 Å². The maximum absolute atomic E-state index is 12.0. The van der Waals surface area contributed by atoms with Crippen LogP contribution in [0.4, 0.5) is 5.69 Å². The summed E-state index contributed by atoms with van der Waals surface area (Å²) in [5.74, 6) is 0. The Hall–Kier alpha value is -2.18. The fourth-order valence-corrected chi connectivity index (χ4v) is 5.21. The van der Waals surface area contributed by atoms with Gasteiger partial charge < -0.3 is 0 Å². The van der Waals surface area contributed by atoms with Gasteiger partial charge in [-0.05, 0) is 43.5 Å². The van der Waals surface area contributed by atoms with Crippen molar-refractivity contribution in [3.63, 3.8) is 0 Å². The number of fused-ring (bicyclic) bond motifs is 1. The van der Waals surface area contributed by atoms with E-state index in [0.29, 0.717) is 6.54 Å². The Bertz CT molecular complexity index is 1070. The molecule has 1 aromatic heterocycles.